The third-order valence-electron chi connectivity index (χ3n) is 2.89. The maximum absolute atomic E-state index is 4.29. The highest BCUT2D eigenvalue weighted by molar-refractivity contribution is 7.09. The Balaban J connectivity index is 2.09. The molecule has 1 N–H and O–H groups in total. The first kappa shape index (κ1) is 10.8. The van der Waals surface area contributed by atoms with E-state index < -0.39 is 0 Å². The van der Waals surface area contributed by atoms with Crippen LogP contribution >= 0.6 is 11.5 Å². The molecule has 0 aromatic carbocycles. The zero-order valence-electron chi connectivity index (χ0n) is 9.84. The number of fused-ring (bicyclic) bond motifs is 1. The number of aromatic nitrogens is 5. The lowest BCUT2D eigenvalue weighted by Crippen LogP contribution is -2.28. The van der Waals surface area contributed by atoms with Crippen LogP contribution in [0.2, 0.25) is 0 Å². The van der Waals surface area contributed by atoms with E-state index >= 15 is 0 Å². The molecule has 3 heterocycles. The molecular formula is C10H14N6S. The second-order valence-electron chi connectivity index (χ2n) is 4.41. The molecule has 1 aliphatic heterocycles. The molecule has 90 valence electrons. The fraction of sp³-hybridized carbons (Fsp3) is 0.600. The van der Waals surface area contributed by atoms with Gasteiger partial charge in [-0.3, -0.25) is 0 Å². The van der Waals surface area contributed by atoms with E-state index in [4.69, 9.17) is 0 Å². The maximum Gasteiger partial charge on any atom is 0.177 e. The summed E-state index contributed by atoms with van der Waals surface area (Å²) in [5, 5.41) is 16.0. The Morgan fingerprint density at radius 2 is 2.18 bits per heavy atom. The molecule has 3 rings (SSSR count). The van der Waals surface area contributed by atoms with Crippen molar-refractivity contribution in [3.63, 3.8) is 0 Å². The number of hydrogen-bond acceptors (Lipinski definition) is 6. The van der Waals surface area contributed by atoms with Gasteiger partial charge in [0.15, 0.2) is 5.82 Å². The van der Waals surface area contributed by atoms with E-state index in [9.17, 15) is 0 Å². The molecule has 0 saturated heterocycles. The SMILES string of the molecule is CC(C)c1nnsc1-c1nnc2n1CCNC2. The molecule has 0 unspecified atom stereocenters. The highest BCUT2D eigenvalue weighted by Gasteiger charge is 2.22. The van der Waals surface area contributed by atoms with Crippen LogP contribution < -0.4 is 5.32 Å². The molecule has 0 spiro atoms. The summed E-state index contributed by atoms with van der Waals surface area (Å²) in [6.07, 6.45) is 0. The Bertz CT molecular complexity index is 529. The van der Waals surface area contributed by atoms with Crippen molar-refractivity contribution in [3.8, 4) is 10.7 Å². The first-order chi connectivity index (χ1) is 8.27. The third-order valence-corrected chi connectivity index (χ3v) is 3.62. The average Bonchev–Trinajstić information content (AvgIpc) is 2.94. The summed E-state index contributed by atoms with van der Waals surface area (Å²) in [7, 11) is 0. The van der Waals surface area contributed by atoms with Gasteiger partial charge in [0.2, 0.25) is 0 Å². The van der Waals surface area contributed by atoms with Crippen LogP contribution in [0.25, 0.3) is 10.7 Å². The van der Waals surface area contributed by atoms with Gasteiger partial charge in [0.05, 0.1) is 12.2 Å². The largest absolute Gasteiger partial charge is 0.308 e. The van der Waals surface area contributed by atoms with Crippen molar-refractivity contribution in [2.24, 2.45) is 0 Å². The van der Waals surface area contributed by atoms with Gasteiger partial charge in [-0.1, -0.05) is 18.3 Å². The van der Waals surface area contributed by atoms with E-state index in [1.165, 1.54) is 11.5 Å². The molecule has 7 heteroatoms. The summed E-state index contributed by atoms with van der Waals surface area (Å²) in [4.78, 5) is 1.06. The van der Waals surface area contributed by atoms with Gasteiger partial charge >= 0.3 is 0 Å². The minimum atomic E-state index is 0.360. The zero-order chi connectivity index (χ0) is 11.8. The van der Waals surface area contributed by atoms with Crippen molar-refractivity contribution in [2.75, 3.05) is 6.54 Å². The normalized spacial score (nSPS) is 15.2. The molecule has 0 radical (unpaired) electrons. The van der Waals surface area contributed by atoms with E-state index in [0.717, 1.165) is 41.9 Å². The minimum Gasteiger partial charge on any atom is -0.308 e. The molecule has 0 fully saturated rings. The zero-order valence-corrected chi connectivity index (χ0v) is 10.7. The second kappa shape index (κ2) is 4.15. The van der Waals surface area contributed by atoms with Crippen LogP contribution in [0.4, 0.5) is 0 Å². The lowest BCUT2D eigenvalue weighted by molar-refractivity contribution is 0.508. The van der Waals surface area contributed by atoms with E-state index in [0.29, 0.717) is 5.92 Å². The van der Waals surface area contributed by atoms with Crippen LogP contribution in [-0.4, -0.2) is 30.9 Å². The van der Waals surface area contributed by atoms with Crippen LogP contribution in [0.3, 0.4) is 0 Å². The van der Waals surface area contributed by atoms with Gasteiger partial charge in [0.1, 0.15) is 10.7 Å². The molecule has 17 heavy (non-hydrogen) atoms. The molecule has 0 aliphatic carbocycles. The summed E-state index contributed by atoms with van der Waals surface area (Å²) in [6, 6.07) is 0. The van der Waals surface area contributed by atoms with Crippen LogP contribution in [-0.2, 0) is 13.1 Å². The summed E-state index contributed by atoms with van der Waals surface area (Å²) in [5.74, 6) is 2.27. The van der Waals surface area contributed by atoms with Gasteiger partial charge in [-0.25, -0.2) is 0 Å². The monoisotopic (exact) mass is 250 g/mol. The fourth-order valence-corrected chi connectivity index (χ4v) is 2.80. The van der Waals surface area contributed by atoms with Crippen molar-refractivity contribution >= 4 is 11.5 Å². The van der Waals surface area contributed by atoms with Crippen LogP contribution in [0.15, 0.2) is 0 Å². The molecule has 1 aliphatic rings. The summed E-state index contributed by atoms with van der Waals surface area (Å²) < 4.78 is 6.21. The predicted octanol–water partition coefficient (Wildman–Crippen LogP) is 1.02. The van der Waals surface area contributed by atoms with Gasteiger partial charge < -0.3 is 9.88 Å². The topological polar surface area (TPSA) is 68.5 Å². The Labute approximate surface area is 103 Å². The lowest BCUT2D eigenvalue weighted by Gasteiger charge is -2.15. The molecule has 2 aromatic heterocycles. The van der Waals surface area contributed by atoms with Crippen LogP contribution in [0.1, 0.15) is 31.3 Å². The predicted molar refractivity (Wildman–Crippen MR) is 64.7 cm³/mol. The Kier molecular flexibility index (Phi) is 2.64. The van der Waals surface area contributed by atoms with E-state index in [1.807, 2.05) is 0 Å². The van der Waals surface area contributed by atoms with Gasteiger partial charge in [-0.05, 0) is 17.5 Å². The highest BCUT2D eigenvalue weighted by Crippen LogP contribution is 2.30. The number of nitrogens with one attached hydrogen (secondary N) is 1. The van der Waals surface area contributed by atoms with Gasteiger partial charge in [-0.2, -0.15) is 0 Å². The Morgan fingerprint density at radius 1 is 1.29 bits per heavy atom. The van der Waals surface area contributed by atoms with Crippen molar-refractivity contribution in [1.82, 2.24) is 29.7 Å². The Hall–Kier alpha value is -1.34. The molecule has 0 bridgehead atoms. The molecule has 2 aromatic rings. The van der Waals surface area contributed by atoms with Crippen molar-refractivity contribution in [1.29, 1.82) is 0 Å². The summed E-state index contributed by atoms with van der Waals surface area (Å²) in [6.45, 7) is 6.90. The average molecular weight is 250 g/mol. The minimum absolute atomic E-state index is 0.360. The van der Waals surface area contributed by atoms with Crippen LogP contribution in [0.5, 0.6) is 0 Å². The van der Waals surface area contributed by atoms with Gasteiger partial charge in [0.25, 0.3) is 0 Å². The number of hydrogen-bond donors (Lipinski definition) is 1. The van der Waals surface area contributed by atoms with Crippen molar-refractivity contribution in [3.05, 3.63) is 11.5 Å². The van der Waals surface area contributed by atoms with Crippen molar-refractivity contribution in [2.45, 2.75) is 32.9 Å². The molecule has 0 atom stereocenters. The van der Waals surface area contributed by atoms with E-state index in [-0.39, 0.29) is 0 Å². The highest BCUT2D eigenvalue weighted by atomic mass is 32.1. The van der Waals surface area contributed by atoms with Gasteiger partial charge in [0, 0.05) is 13.1 Å². The smallest absolute Gasteiger partial charge is 0.177 e. The standard InChI is InChI=1S/C10H14N6S/c1-6(2)8-9(17-15-13-8)10-14-12-7-5-11-3-4-16(7)10/h6,11H,3-5H2,1-2H3. The maximum atomic E-state index is 4.29. The number of rotatable bonds is 2. The summed E-state index contributed by atoms with van der Waals surface area (Å²) in [5.41, 5.74) is 1.02. The lowest BCUT2D eigenvalue weighted by atomic mass is 10.1. The number of nitrogens with zero attached hydrogens (tertiary/aromatic N) is 5. The quantitative estimate of drug-likeness (QED) is 0.862. The molecule has 0 amide bonds. The van der Waals surface area contributed by atoms with E-state index in [1.54, 1.807) is 0 Å². The molecule has 6 nitrogen and oxygen atoms in total. The first-order valence-electron chi connectivity index (χ1n) is 5.72. The summed E-state index contributed by atoms with van der Waals surface area (Å²) >= 11 is 1.40. The second-order valence-corrected chi connectivity index (χ2v) is 5.16. The van der Waals surface area contributed by atoms with Crippen molar-refractivity contribution < 1.29 is 0 Å². The fourth-order valence-electron chi connectivity index (χ4n) is 1.99. The van der Waals surface area contributed by atoms with Gasteiger partial charge in [-0.15, -0.1) is 15.3 Å². The third kappa shape index (κ3) is 1.75. The molecular weight excluding hydrogens is 236 g/mol. The Morgan fingerprint density at radius 3 is 3.00 bits per heavy atom. The van der Waals surface area contributed by atoms with E-state index in [2.05, 4.69) is 43.5 Å². The molecule has 0 saturated carbocycles. The van der Waals surface area contributed by atoms with Crippen LogP contribution in [0, 0.1) is 0 Å². The first-order valence-corrected chi connectivity index (χ1v) is 6.50.